The summed E-state index contributed by atoms with van der Waals surface area (Å²) in [7, 11) is 1.58. The van der Waals surface area contributed by atoms with E-state index in [4.69, 9.17) is 16.3 Å². The van der Waals surface area contributed by atoms with Crippen LogP contribution < -0.4 is 10.1 Å². The van der Waals surface area contributed by atoms with E-state index in [2.05, 4.69) is 43.8 Å². The Balaban J connectivity index is 2.29. The molecule has 0 aliphatic rings. The minimum Gasteiger partial charge on any atom is -0.494 e. The molecule has 0 aliphatic heterocycles. The number of aryl methyl sites for hydroxylation is 1. The molecule has 0 aromatic heterocycles. The largest absolute Gasteiger partial charge is 0.494 e. The summed E-state index contributed by atoms with van der Waals surface area (Å²) in [6.45, 7) is 1.87. The summed E-state index contributed by atoms with van der Waals surface area (Å²) in [5.41, 5.74) is 2.15. The van der Waals surface area contributed by atoms with Crippen molar-refractivity contribution in [3.05, 3.63) is 60.1 Å². The van der Waals surface area contributed by atoms with Gasteiger partial charge in [0.25, 0.3) is 5.91 Å². The van der Waals surface area contributed by atoms with Gasteiger partial charge in [-0.1, -0.05) is 17.7 Å². The van der Waals surface area contributed by atoms with E-state index in [1.807, 2.05) is 19.1 Å². The molecular weight excluding hydrogens is 518 g/mol. The topological polar surface area (TPSA) is 62.1 Å². The van der Waals surface area contributed by atoms with Crippen LogP contribution in [0.1, 0.15) is 11.1 Å². The molecule has 0 unspecified atom stereocenters. The normalized spacial score (nSPS) is 11.0. The van der Waals surface area contributed by atoms with E-state index in [0.717, 1.165) is 13.6 Å². The monoisotopic (exact) mass is 530 g/mol. The van der Waals surface area contributed by atoms with E-state index in [1.165, 1.54) is 6.08 Å². The third-order valence-corrected chi connectivity index (χ3v) is 5.13. The predicted octanol–water partition coefficient (Wildman–Crippen LogP) is 5.57. The quantitative estimate of drug-likeness (QED) is 0.319. The molecule has 0 heterocycles. The Bertz CT molecular complexity index is 883. The van der Waals surface area contributed by atoms with Gasteiger partial charge in [0.15, 0.2) is 0 Å². The number of carbonyl (C=O) groups excluding carboxylic acids is 1. The van der Waals surface area contributed by atoms with Crippen molar-refractivity contribution < 1.29 is 9.53 Å². The van der Waals surface area contributed by atoms with Crippen molar-refractivity contribution in [2.45, 2.75) is 6.92 Å². The van der Waals surface area contributed by atoms with Crippen LogP contribution in [0.2, 0.25) is 5.02 Å². The van der Waals surface area contributed by atoms with Gasteiger partial charge in [0.1, 0.15) is 17.4 Å². The third-order valence-electron chi connectivity index (χ3n) is 3.33. The zero-order valence-electron chi connectivity index (χ0n) is 13.4. The van der Waals surface area contributed by atoms with Gasteiger partial charge in [-0.2, -0.15) is 5.26 Å². The van der Waals surface area contributed by atoms with Gasteiger partial charge in [-0.3, -0.25) is 4.79 Å². The molecule has 1 N–H and O–H groups in total. The number of anilines is 1. The first kappa shape index (κ1) is 19.8. The van der Waals surface area contributed by atoms with Gasteiger partial charge >= 0.3 is 0 Å². The number of hydrogen-bond donors (Lipinski definition) is 1. The average molecular weight is 532 g/mol. The molecule has 4 nitrogen and oxygen atoms in total. The van der Waals surface area contributed by atoms with Crippen LogP contribution in [0.15, 0.2) is 40.4 Å². The van der Waals surface area contributed by atoms with E-state index in [1.54, 1.807) is 31.4 Å². The number of carbonyl (C=O) groups is 1. The Kier molecular flexibility index (Phi) is 6.87. The van der Waals surface area contributed by atoms with Crippen LogP contribution in [-0.2, 0) is 4.79 Å². The number of benzene rings is 2. The molecular formula is C18H13BrClIN2O2. The lowest BCUT2D eigenvalue weighted by molar-refractivity contribution is -0.112. The zero-order chi connectivity index (χ0) is 18.6. The number of nitrogens with zero attached hydrogens (tertiary/aromatic N) is 1. The van der Waals surface area contributed by atoms with Gasteiger partial charge in [-0.25, -0.2) is 0 Å². The molecule has 25 heavy (non-hydrogen) atoms. The molecule has 0 saturated carbocycles. The van der Waals surface area contributed by atoms with Crippen LogP contribution in [0.25, 0.3) is 6.08 Å². The fourth-order valence-corrected chi connectivity index (χ4v) is 4.10. The van der Waals surface area contributed by atoms with Gasteiger partial charge in [0.05, 0.1) is 15.2 Å². The van der Waals surface area contributed by atoms with Crippen molar-refractivity contribution in [1.29, 1.82) is 5.26 Å². The number of nitrogens with one attached hydrogen (secondary N) is 1. The number of rotatable bonds is 4. The van der Waals surface area contributed by atoms with Crippen LogP contribution in [0.4, 0.5) is 5.69 Å². The number of ether oxygens (including phenoxy) is 1. The van der Waals surface area contributed by atoms with Gasteiger partial charge in [-0.05, 0) is 86.9 Å². The Morgan fingerprint density at radius 1 is 1.40 bits per heavy atom. The molecule has 0 saturated heterocycles. The van der Waals surface area contributed by atoms with Gasteiger partial charge < -0.3 is 10.1 Å². The molecule has 0 spiro atoms. The molecule has 0 aliphatic carbocycles. The minimum atomic E-state index is -0.496. The molecule has 128 valence electrons. The second kappa shape index (κ2) is 8.70. The van der Waals surface area contributed by atoms with Crippen molar-refractivity contribution in [3.8, 4) is 11.8 Å². The number of nitriles is 1. The summed E-state index contributed by atoms with van der Waals surface area (Å²) in [5, 5.41) is 12.6. The number of halogens is 3. The first-order chi connectivity index (χ1) is 11.8. The highest BCUT2D eigenvalue weighted by atomic mass is 127. The molecule has 7 heteroatoms. The number of hydrogen-bond acceptors (Lipinski definition) is 3. The minimum absolute atomic E-state index is 0.00966. The molecule has 0 radical (unpaired) electrons. The molecule has 0 fully saturated rings. The van der Waals surface area contributed by atoms with E-state index in [9.17, 15) is 10.1 Å². The molecule has 1 amide bonds. The van der Waals surface area contributed by atoms with Crippen molar-refractivity contribution in [2.75, 3.05) is 12.4 Å². The van der Waals surface area contributed by atoms with Crippen LogP contribution in [0.3, 0.4) is 0 Å². The zero-order valence-corrected chi connectivity index (χ0v) is 17.9. The van der Waals surface area contributed by atoms with Crippen molar-refractivity contribution >= 4 is 67.8 Å². The number of amides is 1. The number of methoxy groups -OCH3 is 1. The highest BCUT2D eigenvalue weighted by Gasteiger charge is 2.12. The van der Waals surface area contributed by atoms with Gasteiger partial charge in [-0.15, -0.1) is 0 Å². The molecule has 2 rings (SSSR count). The standard InChI is InChI=1S/C18H13BrClIN2O2/c1-10-3-4-13(8-15(10)20)23-18(24)12(9-22)5-11-6-14(19)17(25-2)16(21)7-11/h3-8H,1-2H3,(H,23,24)/b12-5-. The Morgan fingerprint density at radius 3 is 2.68 bits per heavy atom. The van der Waals surface area contributed by atoms with E-state index in [0.29, 0.717) is 22.0 Å². The summed E-state index contributed by atoms with van der Waals surface area (Å²) in [6, 6.07) is 10.7. The smallest absolute Gasteiger partial charge is 0.266 e. The summed E-state index contributed by atoms with van der Waals surface area (Å²) in [4.78, 5) is 12.4. The van der Waals surface area contributed by atoms with Crippen LogP contribution in [0, 0.1) is 21.8 Å². The lowest BCUT2D eigenvalue weighted by atomic mass is 10.1. The second-order valence-corrected chi connectivity index (χ2v) is 7.53. The maximum Gasteiger partial charge on any atom is 0.266 e. The lowest BCUT2D eigenvalue weighted by Crippen LogP contribution is -2.13. The Labute approximate surface area is 173 Å². The van der Waals surface area contributed by atoms with Crippen molar-refractivity contribution in [2.24, 2.45) is 0 Å². The molecule has 2 aromatic carbocycles. The molecule has 0 bridgehead atoms. The lowest BCUT2D eigenvalue weighted by Gasteiger charge is -2.08. The van der Waals surface area contributed by atoms with E-state index < -0.39 is 5.91 Å². The Hall–Kier alpha value is -1.56. The summed E-state index contributed by atoms with van der Waals surface area (Å²) >= 11 is 11.6. The first-order valence-corrected chi connectivity index (χ1v) is 9.33. The highest BCUT2D eigenvalue weighted by Crippen LogP contribution is 2.32. The maximum absolute atomic E-state index is 12.4. The third kappa shape index (κ3) is 4.97. The fraction of sp³-hybridized carbons (Fsp3) is 0.111. The van der Waals surface area contributed by atoms with E-state index in [-0.39, 0.29) is 5.57 Å². The summed E-state index contributed by atoms with van der Waals surface area (Å²) in [5.74, 6) is 0.208. The van der Waals surface area contributed by atoms with Crippen molar-refractivity contribution in [3.63, 3.8) is 0 Å². The predicted molar refractivity (Wildman–Crippen MR) is 112 cm³/mol. The van der Waals surface area contributed by atoms with Crippen LogP contribution in [0.5, 0.6) is 5.75 Å². The molecule has 2 aromatic rings. The van der Waals surface area contributed by atoms with Crippen LogP contribution in [-0.4, -0.2) is 13.0 Å². The van der Waals surface area contributed by atoms with Crippen molar-refractivity contribution in [1.82, 2.24) is 0 Å². The maximum atomic E-state index is 12.4. The first-order valence-electron chi connectivity index (χ1n) is 7.08. The SMILES string of the molecule is COc1c(Br)cc(/C=C(/C#N)C(=O)Nc2ccc(C)c(Cl)c2)cc1I. The summed E-state index contributed by atoms with van der Waals surface area (Å²) in [6.07, 6.45) is 1.53. The fourth-order valence-electron chi connectivity index (χ4n) is 2.04. The average Bonchev–Trinajstić information content (AvgIpc) is 2.55. The molecule has 0 atom stereocenters. The highest BCUT2D eigenvalue weighted by molar-refractivity contribution is 14.1. The summed E-state index contributed by atoms with van der Waals surface area (Å²) < 4.78 is 6.89. The Morgan fingerprint density at radius 2 is 2.12 bits per heavy atom. The second-order valence-electron chi connectivity index (χ2n) is 5.11. The van der Waals surface area contributed by atoms with E-state index >= 15 is 0 Å². The van der Waals surface area contributed by atoms with Crippen LogP contribution >= 0.6 is 50.1 Å². The van der Waals surface area contributed by atoms with Gasteiger partial charge in [0.2, 0.25) is 0 Å². The van der Waals surface area contributed by atoms with Gasteiger partial charge in [0, 0.05) is 10.7 Å².